The third-order valence-electron chi connectivity index (χ3n) is 5.04. The van der Waals surface area contributed by atoms with Gasteiger partial charge >= 0.3 is 5.97 Å². The molecular weight excluding hydrogens is 436 g/mol. The number of carbonyl (C=O) groups excluding carboxylic acids is 2. The van der Waals surface area contributed by atoms with Crippen molar-refractivity contribution in [1.82, 2.24) is 4.31 Å². The van der Waals surface area contributed by atoms with Crippen LogP contribution in [-0.4, -0.2) is 58.5 Å². The average molecular weight is 463 g/mol. The van der Waals surface area contributed by atoms with Crippen LogP contribution in [0.25, 0.3) is 0 Å². The van der Waals surface area contributed by atoms with E-state index in [2.05, 4.69) is 5.32 Å². The van der Waals surface area contributed by atoms with Crippen LogP contribution in [0.5, 0.6) is 11.5 Å². The Morgan fingerprint density at radius 3 is 2.34 bits per heavy atom. The maximum atomic E-state index is 13.1. The third kappa shape index (κ3) is 5.38. The van der Waals surface area contributed by atoms with Crippen LogP contribution in [0.4, 0.5) is 5.69 Å². The Morgan fingerprint density at radius 1 is 0.969 bits per heavy atom. The van der Waals surface area contributed by atoms with Crippen molar-refractivity contribution < 1.29 is 32.2 Å². The van der Waals surface area contributed by atoms with Crippen LogP contribution in [0.1, 0.15) is 29.6 Å². The number of rotatable bonds is 8. The number of methoxy groups -OCH3 is 2. The van der Waals surface area contributed by atoms with E-state index in [1.165, 1.54) is 42.8 Å². The van der Waals surface area contributed by atoms with E-state index in [1.54, 1.807) is 18.2 Å². The van der Waals surface area contributed by atoms with Gasteiger partial charge in [-0.25, -0.2) is 13.2 Å². The highest BCUT2D eigenvalue weighted by Gasteiger charge is 2.29. The van der Waals surface area contributed by atoms with E-state index in [4.69, 9.17) is 14.2 Å². The largest absolute Gasteiger partial charge is 0.496 e. The number of sulfonamides is 1. The number of hydrogen-bond acceptors (Lipinski definition) is 7. The lowest BCUT2D eigenvalue weighted by molar-refractivity contribution is -0.119. The molecule has 10 heteroatoms. The summed E-state index contributed by atoms with van der Waals surface area (Å²) in [5.41, 5.74) is 0.446. The minimum Gasteiger partial charge on any atom is -0.496 e. The second-order valence-electron chi connectivity index (χ2n) is 7.15. The van der Waals surface area contributed by atoms with Crippen molar-refractivity contribution in [2.45, 2.75) is 24.2 Å². The zero-order valence-corrected chi connectivity index (χ0v) is 18.8. The number of amides is 1. The molecule has 0 radical (unpaired) electrons. The Kier molecular flexibility index (Phi) is 7.70. The maximum absolute atomic E-state index is 13.1. The van der Waals surface area contributed by atoms with Gasteiger partial charge in [-0.15, -0.1) is 0 Å². The Balaban J connectivity index is 1.70. The zero-order valence-electron chi connectivity index (χ0n) is 18.0. The summed E-state index contributed by atoms with van der Waals surface area (Å²) in [6.07, 6.45) is 2.60. The number of esters is 1. The summed E-state index contributed by atoms with van der Waals surface area (Å²) in [6.45, 7) is 0.346. The van der Waals surface area contributed by atoms with Crippen molar-refractivity contribution in [3.05, 3.63) is 48.0 Å². The van der Waals surface area contributed by atoms with Gasteiger partial charge in [0.15, 0.2) is 6.61 Å². The van der Waals surface area contributed by atoms with Crippen LogP contribution in [0.2, 0.25) is 0 Å². The normalized spacial score (nSPS) is 14.4. The number of ether oxygens (including phenoxy) is 3. The van der Waals surface area contributed by atoms with Gasteiger partial charge in [0.1, 0.15) is 22.0 Å². The molecule has 32 heavy (non-hydrogen) atoms. The Bertz CT molecular complexity index is 1080. The van der Waals surface area contributed by atoms with Gasteiger partial charge in [-0.2, -0.15) is 4.31 Å². The van der Waals surface area contributed by atoms with Gasteiger partial charge in [0, 0.05) is 18.8 Å². The summed E-state index contributed by atoms with van der Waals surface area (Å²) < 4.78 is 43.0. The Labute approximate surface area is 187 Å². The van der Waals surface area contributed by atoms with Crippen LogP contribution >= 0.6 is 0 Å². The van der Waals surface area contributed by atoms with Crippen LogP contribution in [0, 0.1) is 0 Å². The second kappa shape index (κ2) is 10.5. The fraction of sp³-hybridized carbons (Fsp3) is 0.364. The van der Waals surface area contributed by atoms with E-state index in [-0.39, 0.29) is 21.9 Å². The fourth-order valence-corrected chi connectivity index (χ4v) is 5.12. The molecule has 9 nitrogen and oxygen atoms in total. The molecule has 0 unspecified atom stereocenters. The number of benzene rings is 2. The first-order valence-corrected chi connectivity index (χ1v) is 11.6. The van der Waals surface area contributed by atoms with E-state index in [0.717, 1.165) is 19.3 Å². The second-order valence-corrected chi connectivity index (χ2v) is 9.06. The predicted octanol–water partition coefficient (Wildman–Crippen LogP) is 2.67. The van der Waals surface area contributed by atoms with Crippen LogP contribution in [0.3, 0.4) is 0 Å². The van der Waals surface area contributed by atoms with Gasteiger partial charge < -0.3 is 19.5 Å². The molecule has 1 amide bonds. The molecule has 1 aliphatic rings. The molecule has 2 aromatic rings. The molecule has 1 saturated heterocycles. The van der Waals surface area contributed by atoms with Crippen LogP contribution < -0.4 is 14.8 Å². The summed E-state index contributed by atoms with van der Waals surface area (Å²) >= 11 is 0. The topological polar surface area (TPSA) is 111 Å². The number of para-hydroxylation sites is 1. The van der Waals surface area contributed by atoms with Gasteiger partial charge in [0.2, 0.25) is 10.0 Å². The van der Waals surface area contributed by atoms with E-state index < -0.39 is 28.5 Å². The van der Waals surface area contributed by atoms with Gasteiger partial charge in [0.05, 0.1) is 14.2 Å². The lowest BCUT2D eigenvalue weighted by Crippen LogP contribution is -2.35. The first kappa shape index (κ1) is 23.6. The van der Waals surface area contributed by atoms with Crippen molar-refractivity contribution in [2.75, 3.05) is 39.2 Å². The molecule has 0 bridgehead atoms. The predicted molar refractivity (Wildman–Crippen MR) is 118 cm³/mol. The highest BCUT2D eigenvalue weighted by Crippen LogP contribution is 2.31. The molecule has 2 aromatic carbocycles. The Hall–Kier alpha value is -3.11. The molecule has 1 aliphatic heterocycles. The zero-order chi connectivity index (χ0) is 23.1. The number of hydrogen-bond donors (Lipinski definition) is 1. The third-order valence-corrected chi connectivity index (χ3v) is 6.96. The number of carbonyl (C=O) groups is 2. The highest BCUT2D eigenvalue weighted by molar-refractivity contribution is 7.89. The number of piperidine rings is 1. The van der Waals surface area contributed by atoms with Crippen LogP contribution in [-0.2, 0) is 19.6 Å². The van der Waals surface area contributed by atoms with Crippen molar-refractivity contribution in [3.8, 4) is 11.5 Å². The molecule has 0 aliphatic carbocycles. The molecule has 1 fully saturated rings. The van der Waals surface area contributed by atoms with Gasteiger partial charge in [-0.05, 0) is 43.2 Å². The minimum absolute atomic E-state index is 0.0225. The quantitative estimate of drug-likeness (QED) is 0.601. The maximum Gasteiger partial charge on any atom is 0.342 e. The first-order chi connectivity index (χ1) is 15.4. The highest BCUT2D eigenvalue weighted by atomic mass is 32.2. The molecule has 1 N–H and O–H groups in total. The molecule has 3 rings (SSSR count). The van der Waals surface area contributed by atoms with Gasteiger partial charge in [-0.1, -0.05) is 18.6 Å². The molecule has 0 atom stereocenters. The van der Waals surface area contributed by atoms with Crippen molar-refractivity contribution in [1.29, 1.82) is 0 Å². The standard InChI is InChI=1S/C22H26N2O7S/c1-29-18-9-5-4-8-17(18)22(26)31-15-21(25)23-16-10-11-19(30-2)20(14-16)32(27,28)24-12-6-3-7-13-24/h4-5,8-11,14H,3,6-7,12-13,15H2,1-2H3,(H,23,25). The Morgan fingerprint density at radius 2 is 1.66 bits per heavy atom. The number of anilines is 1. The van der Waals surface area contributed by atoms with Gasteiger partial charge in [-0.3, -0.25) is 4.79 Å². The first-order valence-electron chi connectivity index (χ1n) is 10.1. The lowest BCUT2D eigenvalue weighted by atomic mass is 10.2. The van der Waals surface area contributed by atoms with E-state index in [9.17, 15) is 18.0 Å². The average Bonchev–Trinajstić information content (AvgIpc) is 2.83. The molecule has 1 heterocycles. The summed E-state index contributed by atoms with van der Waals surface area (Å²) in [5, 5.41) is 2.56. The molecule has 0 aromatic heterocycles. The molecule has 0 saturated carbocycles. The summed E-state index contributed by atoms with van der Waals surface area (Å²) in [5.74, 6) is -0.794. The van der Waals surface area contributed by atoms with Crippen molar-refractivity contribution in [3.63, 3.8) is 0 Å². The fourth-order valence-electron chi connectivity index (χ4n) is 3.42. The number of nitrogens with zero attached hydrogens (tertiary/aromatic N) is 1. The summed E-state index contributed by atoms with van der Waals surface area (Å²) in [6, 6.07) is 10.9. The molecule has 0 spiro atoms. The number of nitrogens with one attached hydrogen (secondary N) is 1. The summed E-state index contributed by atoms with van der Waals surface area (Å²) in [7, 11) is -0.957. The van der Waals surface area contributed by atoms with E-state index >= 15 is 0 Å². The van der Waals surface area contributed by atoms with Crippen molar-refractivity contribution >= 4 is 27.6 Å². The SMILES string of the molecule is COc1ccccc1C(=O)OCC(=O)Nc1ccc(OC)c(S(=O)(=O)N2CCCCC2)c1. The molecular formula is C22H26N2O7S. The van der Waals surface area contributed by atoms with Crippen molar-refractivity contribution in [2.24, 2.45) is 0 Å². The monoisotopic (exact) mass is 462 g/mol. The smallest absolute Gasteiger partial charge is 0.342 e. The van der Waals surface area contributed by atoms with Crippen LogP contribution in [0.15, 0.2) is 47.4 Å². The van der Waals surface area contributed by atoms with Gasteiger partial charge in [0.25, 0.3) is 5.91 Å². The minimum atomic E-state index is -3.77. The van der Waals surface area contributed by atoms with E-state index in [0.29, 0.717) is 18.8 Å². The van der Waals surface area contributed by atoms with E-state index in [1.807, 2.05) is 0 Å². The summed E-state index contributed by atoms with van der Waals surface area (Å²) in [4.78, 5) is 24.5. The molecule has 172 valence electrons. The lowest BCUT2D eigenvalue weighted by Gasteiger charge is -2.26.